The SMILES string of the molecule is CSCCCCC(=N)SC1OC(CO)C(O)C(O)C1O. The Morgan fingerprint density at radius 1 is 1.15 bits per heavy atom. The quantitative estimate of drug-likeness (QED) is 0.255. The summed E-state index contributed by atoms with van der Waals surface area (Å²) in [6, 6.07) is 0. The lowest BCUT2D eigenvalue weighted by Crippen LogP contribution is -2.57. The Bertz CT molecular complexity index is 306. The van der Waals surface area contributed by atoms with Gasteiger partial charge in [0, 0.05) is 0 Å². The van der Waals surface area contributed by atoms with Gasteiger partial charge in [-0.3, -0.25) is 5.41 Å². The highest BCUT2D eigenvalue weighted by Crippen LogP contribution is 2.29. The molecule has 1 heterocycles. The number of aliphatic hydroxyl groups excluding tert-OH is 4. The second-order valence-corrected chi connectivity index (χ2v) is 6.87. The Hall–Kier alpha value is 0.170. The molecule has 1 saturated heterocycles. The van der Waals surface area contributed by atoms with Crippen molar-refractivity contribution < 1.29 is 25.2 Å². The van der Waals surface area contributed by atoms with E-state index >= 15 is 0 Å². The van der Waals surface area contributed by atoms with Gasteiger partial charge in [-0.2, -0.15) is 11.8 Å². The topological polar surface area (TPSA) is 114 Å². The molecule has 0 bridgehead atoms. The molecule has 1 rings (SSSR count). The predicted molar refractivity (Wildman–Crippen MR) is 81.3 cm³/mol. The lowest BCUT2D eigenvalue weighted by Gasteiger charge is -2.39. The van der Waals surface area contributed by atoms with Gasteiger partial charge < -0.3 is 25.2 Å². The molecule has 5 atom stereocenters. The fraction of sp³-hybridized carbons (Fsp3) is 0.917. The standard InChI is InChI=1S/C12H23NO5S2/c1-19-5-3-2-4-8(13)20-12-11(17)10(16)9(15)7(6-14)18-12/h7,9-17H,2-6H2,1H3. The molecule has 0 aromatic heterocycles. The third-order valence-electron chi connectivity index (χ3n) is 3.11. The van der Waals surface area contributed by atoms with Crippen LogP contribution in [0, 0.1) is 5.41 Å². The van der Waals surface area contributed by atoms with Gasteiger partial charge in [0.2, 0.25) is 0 Å². The first kappa shape index (κ1) is 18.2. The summed E-state index contributed by atoms with van der Waals surface area (Å²) in [7, 11) is 0. The molecular weight excluding hydrogens is 302 g/mol. The van der Waals surface area contributed by atoms with Crippen LogP contribution in [0.15, 0.2) is 0 Å². The number of hydrogen-bond donors (Lipinski definition) is 5. The van der Waals surface area contributed by atoms with Crippen molar-refractivity contribution >= 4 is 28.6 Å². The zero-order chi connectivity index (χ0) is 15.1. The van der Waals surface area contributed by atoms with Crippen LogP contribution in [0.4, 0.5) is 0 Å². The van der Waals surface area contributed by atoms with Gasteiger partial charge in [-0.05, 0) is 31.3 Å². The van der Waals surface area contributed by atoms with Crippen LogP contribution in [-0.4, -0.2) is 73.9 Å². The summed E-state index contributed by atoms with van der Waals surface area (Å²) in [6.45, 7) is -0.441. The first-order valence-corrected chi connectivity index (χ1v) is 8.82. The first-order chi connectivity index (χ1) is 9.51. The molecular formula is C12H23NO5S2. The third-order valence-corrected chi connectivity index (χ3v) is 4.92. The molecule has 1 aliphatic heterocycles. The molecule has 0 aromatic rings. The Kier molecular flexibility index (Phi) is 8.42. The molecule has 8 heteroatoms. The van der Waals surface area contributed by atoms with Gasteiger partial charge >= 0.3 is 0 Å². The summed E-state index contributed by atoms with van der Waals surface area (Å²) in [5.74, 6) is 1.05. The molecule has 5 N–H and O–H groups in total. The van der Waals surface area contributed by atoms with Gasteiger partial charge in [0.15, 0.2) is 0 Å². The highest BCUT2D eigenvalue weighted by molar-refractivity contribution is 8.14. The molecule has 0 aliphatic carbocycles. The fourth-order valence-electron chi connectivity index (χ4n) is 1.90. The van der Waals surface area contributed by atoms with Gasteiger partial charge in [-0.1, -0.05) is 11.8 Å². The molecule has 1 fully saturated rings. The van der Waals surface area contributed by atoms with Crippen LogP contribution in [0.5, 0.6) is 0 Å². The number of unbranched alkanes of at least 4 members (excludes halogenated alkanes) is 1. The van der Waals surface area contributed by atoms with E-state index in [1.54, 1.807) is 11.8 Å². The van der Waals surface area contributed by atoms with Crippen molar-refractivity contribution in [1.29, 1.82) is 5.41 Å². The second kappa shape index (κ2) is 9.24. The Labute approximate surface area is 127 Å². The van der Waals surface area contributed by atoms with E-state index in [0.717, 1.165) is 30.4 Å². The predicted octanol–water partition coefficient (Wildman–Crippen LogP) is 0.0301. The van der Waals surface area contributed by atoms with Gasteiger partial charge in [0.1, 0.15) is 29.9 Å². The van der Waals surface area contributed by atoms with Crippen molar-refractivity contribution in [2.24, 2.45) is 0 Å². The number of rotatable bonds is 7. The number of ether oxygens (including phenoxy) is 1. The van der Waals surface area contributed by atoms with E-state index < -0.39 is 36.5 Å². The summed E-state index contributed by atoms with van der Waals surface area (Å²) in [4.78, 5) is 0. The average molecular weight is 325 g/mol. The van der Waals surface area contributed by atoms with E-state index in [4.69, 9.17) is 15.3 Å². The lowest BCUT2D eigenvalue weighted by atomic mass is 10.0. The number of aliphatic hydroxyl groups is 4. The second-order valence-electron chi connectivity index (χ2n) is 4.69. The normalized spacial score (nSPS) is 34.1. The zero-order valence-electron chi connectivity index (χ0n) is 11.4. The molecule has 1 aliphatic rings. The van der Waals surface area contributed by atoms with Crippen LogP contribution in [0.25, 0.3) is 0 Å². The van der Waals surface area contributed by atoms with Crippen molar-refractivity contribution in [3.63, 3.8) is 0 Å². The summed E-state index contributed by atoms with van der Waals surface area (Å²) in [5, 5.41) is 46.4. The van der Waals surface area contributed by atoms with Gasteiger partial charge in [-0.25, -0.2) is 0 Å². The Morgan fingerprint density at radius 2 is 1.85 bits per heavy atom. The average Bonchev–Trinajstić information content (AvgIpc) is 2.44. The van der Waals surface area contributed by atoms with E-state index in [-0.39, 0.29) is 0 Å². The lowest BCUT2D eigenvalue weighted by molar-refractivity contribution is -0.205. The molecule has 0 spiro atoms. The fourth-order valence-corrected chi connectivity index (χ4v) is 3.43. The molecule has 5 unspecified atom stereocenters. The number of hydrogen-bond acceptors (Lipinski definition) is 8. The van der Waals surface area contributed by atoms with Gasteiger partial charge in [0.25, 0.3) is 0 Å². The Morgan fingerprint density at radius 3 is 2.45 bits per heavy atom. The van der Waals surface area contributed by atoms with E-state index in [9.17, 15) is 15.3 Å². The van der Waals surface area contributed by atoms with Gasteiger partial charge in [-0.15, -0.1) is 0 Å². The van der Waals surface area contributed by atoms with Crippen LogP contribution in [0.2, 0.25) is 0 Å². The minimum atomic E-state index is -1.37. The van der Waals surface area contributed by atoms with Crippen LogP contribution < -0.4 is 0 Å². The third kappa shape index (κ3) is 5.18. The maximum absolute atomic E-state index is 9.84. The van der Waals surface area contributed by atoms with Gasteiger partial charge in [0.05, 0.1) is 11.7 Å². The van der Waals surface area contributed by atoms with Crippen molar-refractivity contribution in [2.45, 2.75) is 49.1 Å². The largest absolute Gasteiger partial charge is 0.394 e. The molecule has 0 saturated carbocycles. The monoisotopic (exact) mass is 325 g/mol. The molecule has 20 heavy (non-hydrogen) atoms. The number of nitrogens with one attached hydrogen (secondary N) is 1. The molecule has 118 valence electrons. The molecule has 6 nitrogen and oxygen atoms in total. The maximum atomic E-state index is 9.84. The Balaban J connectivity index is 2.43. The molecule has 0 radical (unpaired) electrons. The number of thioether (sulfide) groups is 2. The highest BCUT2D eigenvalue weighted by Gasteiger charge is 2.43. The van der Waals surface area contributed by atoms with Crippen molar-refractivity contribution in [2.75, 3.05) is 18.6 Å². The first-order valence-electron chi connectivity index (χ1n) is 6.54. The van der Waals surface area contributed by atoms with Crippen molar-refractivity contribution in [3.05, 3.63) is 0 Å². The zero-order valence-corrected chi connectivity index (χ0v) is 13.1. The van der Waals surface area contributed by atoms with Crippen LogP contribution in [-0.2, 0) is 4.74 Å². The van der Waals surface area contributed by atoms with E-state index in [2.05, 4.69) is 0 Å². The minimum Gasteiger partial charge on any atom is -0.394 e. The van der Waals surface area contributed by atoms with E-state index in [0.29, 0.717) is 11.5 Å². The van der Waals surface area contributed by atoms with Crippen LogP contribution in [0.1, 0.15) is 19.3 Å². The van der Waals surface area contributed by atoms with Crippen LogP contribution >= 0.6 is 23.5 Å². The highest BCUT2D eigenvalue weighted by atomic mass is 32.2. The van der Waals surface area contributed by atoms with Crippen LogP contribution in [0.3, 0.4) is 0 Å². The summed E-state index contributed by atoms with van der Waals surface area (Å²) in [5.41, 5.74) is -0.835. The maximum Gasteiger partial charge on any atom is 0.137 e. The summed E-state index contributed by atoms with van der Waals surface area (Å²) >= 11 is 2.80. The molecule has 0 aromatic carbocycles. The van der Waals surface area contributed by atoms with Crippen molar-refractivity contribution in [1.82, 2.24) is 0 Å². The van der Waals surface area contributed by atoms with E-state index in [1.165, 1.54) is 0 Å². The smallest absolute Gasteiger partial charge is 0.137 e. The molecule has 0 amide bonds. The van der Waals surface area contributed by atoms with E-state index in [1.807, 2.05) is 6.26 Å². The van der Waals surface area contributed by atoms with Crippen molar-refractivity contribution in [3.8, 4) is 0 Å². The summed E-state index contributed by atoms with van der Waals surface area (Å²) < 4.78 is 5.34. The minimum absolute atomic E-state index is 0.371. The summed E-state index contributed by atoms with van der Waals surface area (Å²) in [6.07, 6.45) is -0.346.